The normalized spacial score (nSPS) is 10.8. The highest BCUT2D eigenvalue weighted by atomic mass is 32.1. The van der Waals surface area contributed by atoms with Crippen LogP contribution in [0.3, 0.4) is 0 Å². The number of carbonyl (C=O) groups excluding carboxylic acids is 2. The van der Waals surface area contributed by atoms with E-state index in [0.717, 1.165) is 5.56 Å². The van der Waals surface area contributed by atoms with Gasteiger partial charge in [-0.1, -0.05) is 32.9 Å². The zero-order valence-corrected chi connectivity index (χ0v) is 16.1. The minimum atomic E-state index is -0.411. The predicted molar refractivity (Wildman–Crippen MR) is 107 cm³/mol. The molecule has 0 aliphatic carbocycles. The predicted octanol–water partition coefficient (Wildman–Crippen LogP) is 3.90. The minimum Gasteiger partial charge on any atom is -0.465 e. The lowest BCUT2D eigenvalue weighted by molar-refractivity contribution is 0.0600. The fraction of sp³-hybridized carbons (Fsp3) is 0.250. The van der Waals surface area contributed by atoms with Crippen molar-refractivity contribution in [2.75, 3.05) is 12.4 Å². The van der Waals surface area contributed by atoms with Gasteiger partial charge in [0.2, 0.25) is 0 Å². The maximum atomic E-state index is 12.3. The van der Waals surface area contributed by atoms with Gasteiger partial charge < -0.3 is 10.1 Å². The third kappa shape index (κ3) is 5.13. The van der Waals surface area contributed by atoms with Crippen LogP contribution in [0.2, 0.25) is 0 Å². The van der Waals surface area contributed by atoms with E-state index in [1.54, 1.807) is 36.4 Å². The summed E-state index contributed by atoms with van der Waals surface area (Å²) >= 11 is 5.17. The molecule has 136 valence electrons. The van der Waals surface area contributed by atoms with Crippen molar-refractivity contribution in [3.05, 3.63) is 65.2 Å². The molecule has 0 atom stereocenters. The lowest BCUT2D eigenvalue weighted by Crippen LogP contribution is -2.34. The van der Waals surface area contributed by atoms with Gasteiger partial charge in [0.15, 0.2) is 5.11 Å². The number of methoxy groups -OCH3 is 1. The van der Waals surface area contributed by atoms with Crippen LogP contribution in [-0.2, 0) is 10.2 Å². The summed E-state index contributed by atoms with van der Waals surface area (Å²) in [5.41, 5.74) is 2.81. The van der Waals surface area contributed by atoms with Gasteiger partial charge in [0.05, 0.1) is 12.7 Å². The van der Waals surface area contributed by atoms with Gasteiger partial charge in [0.25, 0.3) is 5.91 Å². The molecule has 0 spiro atoms. The number of thiocarbonyl (C=S) groups is 1. The molecule has 0 aliphatic heterocycles. The summed E-state index contributed by atoms with van der Waals surface area (Å²) in [6.07, 6.45) is 0. The Kier molecular flexibility index (Phi) is 6.10. The number of ether oxygens (including phenoxy) is 1. The first-order valence-electron chi connectivity index (χ1n) is 8.12. The molecular formula is C20H22N2O3S. The summed E-state index contributed by atoms with van der Waals surface area (Å²) in [4.78, 5) is 23.7. The molecule has 6 heteroatoms. The lowest BCUT2D eigenvalue weighted by Gasteiger charge is -2.19. The van der Waals surface area contributed by atoms with E-state index in [-0.39, 0.29) is 16.4 Å². The molecule has 0 radical (unpaired) electrons. The smallest absolute Gasteiger partial charge is 0.337 e. The number of amides is 1. The van der Waals surface area contributed by atoms with Crippen LogP contribution in [0.1, 0.15) is 47.1 Å². The fourth-order valence-corrected chi connectivity index (χ4v) is 2.48. The number of hydrogen-bond donors (Lipinski definition) is 2. The van der Waals surface area contributed by atoms with Gasteiger partial charge >= 0.3 is 5.97 Å². The Morgan fingerprint density at radius 1 is 0.923 bits per heavy atom. The molecule has 0 aromatic heterocycles. The van der Waals surface area contributed by atoms with Crippen molar-refractivity contribution in [2.45, 2.75) is 26.2 Å². The molecule has 2 rings (SSSR count). The van der Waals surface area contributed by atoms with Crippen LogP contribution in [0, 0.1) is 0 Å². The Morgan fingerprint density at radius 3 is 1.96 bits per heavy atom. The van der Waals surface area contributed by atoms with Crippen LogP contribution in [0.25, 0.3) is 0 Å². The zero-order valence-electron chi connectivity index (χ0n) is 15.3. The molecular weight excluding hydrogens is 348 g/mol. The number of carbonyl (C=O) groups is 2. The fourth-order valence-electron chi connectivity index (χ4n) is 2.27. The van der Waals surface area contributed by atoms with Crippen LogP contribution in [0.4, 0.5) is 5.69 Å². The van der Waals surface area contributed by atoms with Crippen LogP contribution < -0.4 is 10.6 Å². The quantitative estimate of drug-likeness (QED) is 0.634. The van der Waals surface area contributed by atoms with Crippen molar-refractivity contribution in [2.24, 2.45) is 0 Å². The molecule has 0 unspecified atom stereocenters. The largest absolute Gasteiger partial charge is 0.465 e. The number of benzene rings is 2. The summed E-state index contributed by atoms with van der Waals surface area (Å²) in [6.45, 7) is 6.35. The Hall–Kier alpha value is -2.73. The average Bonchev–Trinajstić information content (AvgIpc) is 2.61. The molecule has 0 saturated heterocycles. The molecule has 1 amide bonds. The topological polar surface area (TPSA) is 67.4 Å². The van der Waals surface area contributed by atoms with Gasteiger partial charge in [-0.2, -0.15) is 0 Å². The molecule has 0 bridgehead atoms. The Balaban J connectivity index is 1.96. The monoisotopic (exact) mass is 370 g/mol. The van der Waals surface area contributed by atoms with Gasteiger partial charge in [-0.25, -0.2) is 4.79 Å². The van der Waals surface area contributed by atoms with E-state index in [1.165, 1.54) is 7.11 Å². The van der Waals surface area contributed by atoms with Crippen molar-refractivity contribution in [3.63, 3.8) is 0 Å². The number of rotatable bonds is 3. The standard InChI is InChI=1S/C20H22N2O3S/c1-20(2,3)15-9-5-13(6-10-15)17(23)22-19(26)21-16-11-7-14(8-12-16)18(24)25-4/h5-12H,1-4H3,(H2,21,22,23,26). The van der Waals surface area contributed by atoms with Gasteiger partial charge in [-0.15, -0.1) is 0 Å². The summed E-state index contributed by atoms with van der Waals surface area (Å²) in [6, 6.07) is 14.0. The van der Waals surface area contributed by atoms with E-state index < -0.39 is 5.97 Å². The Bertz CT molecular complexity index is 806. The van der Waals surface area contributed by atoms with E-state index in [9.17, 15) is 9.59 Å². The van der Waals surface area contributed by atoms with Crippen LogP contribution in [-0.4, -0.2) is 24.1 Å². The van der Waals surface area contributed by atoms with E-state index in [1.807, 2.05) is 12.1 Å². The first kappa shape index (κ1) is 19.6. The van der Waals surface area contributed by atoms with Crippen molar-refractivity contribution in [3.8, 4) is 0 Å². The molecule has 0 heterocycles. The molecule has 2 aromatic carbocycles. The summed E-state index contributed by atoms with van der Waals surface area (Å²) in [5, 5.41) is 5.73. The van der Waals surface area contributed by atoms with Crippen molar-refractivity contribution >= 4 is 34.9 Å². The SMILES string of the molecule is COC(=O)c1ccc(NC(=S)NC(=O)c2ccc(C(C)(C)C)cc2)cc1. The first-order chi connectivity index (χ1) is 12.2. The number of hydrogen-bond acceptors (Lipinski definition) is 4. The van der Waals surface area contributed by atoms with Gasteiger partial charge in [-0.05, 0) is 59.6 Å². The van der Waals surface area contributed by atoms with Crippen LogP contribution in [0.5, 0.6) is 0 Å². The van der Waals surface area contributed by atoms with Gasteiger partial charge in [-0.3, -0.25) is 10.1 Å². The molecule has 2 N–H and O–H groups in total. The summed E-state index contributed by atoms with van der Waals surface area (Å²) in [5.74, 6) is -0.694. The summed E-state index contributed by atoms with van der Waals surface area (Å²) < 4.78 is 4.65. The summed E-state index contributed by atoms with van der Waals surface area (Å²) in [7, 11) is 1.33. The maximum absolute atomic E-state index is 12.3. The van der Waals surface area contributed by atoms with Gasteiger partial charge in [0.1, 0.15) is 0 Å². The Morgan fingerprint density at radius 2 is 1.46 bits per heavy atom. The van der Waals surface area contributed by atoms with Crippen molar-refractivity contribution < 1.29 is 14.3 Å². The molecule has 0 fully saturated rings. The Labute approximate surface area is 158 Å². The minimum absolute atomic E-state index is 0.0300. The second-order valence-corrected chi connectivity index (χ2v) is 7.21. The van der Waals surface area contributed by atoms with E-state index in [2.05, 4.69) is 36.1 Å². The highest BCUT2D eigenvalue weighted by Gasteiger charge is 2.15. The highest BCUT2D eigenvalue weighted by Crippen LogP contribution is 2.22. The third-order valence-corrected chi connectivity index (χ3v) is 4.01. The second-order valence-electron chi connectivity index (χ2n) is 6.80. The van der Waals surface area contributed by atoms with Crippen molar-refractivity contribution in [1.82, 2.24) is 5.32 Å². The van der Waals surface area contributed by atoms with E-state index in [4.69, 9.17) is 12.2 Å². The van der Waals surface area contributed by atoms with Crippen molar-refractivity contribution in [1.29, 1.82) is 0 Å². The van der Waals surface area contributed by atoms with Crippen LogP contribution in [0.15, 0.2) is 48.5 Å². The molecule has 0 aliphatic rings. The second kappa shape index (κ2) is 8.10. The number of anilines is 1. The molecule has 0 saturated carbocycles. The first-order valence-corrected chi connectivity index (χ1v) is 8.53. The number of esters is 1. The van der Waals surface area contributed by atoms with Gasteiger partial charge in [0, 0.05) is 11.3 Å². The third-order valence-electron chi connectivity index (χ3n) is 3.80. The number of nitrogens with one attached hydrogen (secondary N) is 2. The highest BCUT2D eigenvalue weighted by molar-refractivity contribution is 7.80. The van der Waals surface area contributed by atoms with E-state index >= 15 is 0 Å². The zero-order chi connectivity index (χ0) is 19.3. The molecule has 26 heavy (non-hydrogen) atoms. The molecule has 5 nitrogen and oxygen atoms in total. The molecule has 2 aromatic rings. The maximum Gasteiger partial charge on any atom is 0.337 e. The van der Waals surface area contributed by atoms with Crippen LogP contribution >= 0.6 is 12.2 Å². The average molecular weight is 370 g/mol. The van der Waals surface area contributed by atoms with E-state index in [0.29, 0.717) is 16.8 Å². The lowest BCUT2D eigenvalue weighted by atomic mass is 9.87.